The first-order chi connectivity index (χ1) is 8.21. The van der Waals surface area contributed by atoms with Crippen molar-refractivity contribution in [1.29, 1.82) is 0 Å². The highest BCUT2D eigenvalue weighted by Crippen LogP contribution is 2.08. The van der Waals surface area contributed by atoms with Crippen LogP contribution in [-0.2, 0) is 0 Å². The van der Waals surface area contributed by atoms with E-state index in [4.69, 9.17) is 0 Å². The summed E-state index contributed by atoms with van der Waals surface area (Å²) in [5, 5.41) is 0. The zero-order valence-corrected chi connectivity index (χ0v) is 13.3. The molecule has 0 heterocycles. The van der Waals surface area contributed by atoms with Gasteiger partial charge in [0.2, 0.25) is 0 Å². The van der Waals surface area contributed by atoms with E-state index in [0.29, 0.717) is 0 Å². The number of nitrogens with zero attached hydrogens (tertiary/aromatic N) is 2. The Kier molecular flexibility index (Phi) is 8.13. The van der Waals surface area contributed by atoms with Gasteiger partial charge in [-0.3, -0.25) is 9.98 Å². The van der Waals surface area contributed by atoms with E-state index in [9.17, 15) is 0 Å². The predicted molar refractivity (Wildman–Crippen MR) is 84.2 cm³/mol. The van der Waals surface area contributed by atoms with Gasteiger partial charge in [0.1, 0.15) is 0 Å². The Hall–Kier alpha value is -0.660. The fourth-order valence-corrected chi connectivity index (χ4v) is 1.50. The Labute approximate surface area is 114 Å². The molecule has 0 aromatic heterocycles. The van der Waals surface area contributed by atoms with E-state index in [0.717, 1.165) is 12.8 Å². The summed E-state index contributed by atoms with van der Waals surface area (Å²) in [4.78, 5) is 8.97. The highest BCUT2D eigenvalue weighted by Gasteiger charge is 2.04. The molecule has 0 spiro atoms. The van der Waals surface area contributed by atoms with Crippen LogP contribution in [0.15, 0.2) is 9.98 Å². The summed E-state index contributed by atoms with van der Waals surface area (Å²) in [5.41, 5.74) is 0.173. The maximum atomic E-state index is 4.48. The third kappa shape index (κ3) is 15.3. The molecule has 18 heavy (non-hydrogen) atoms. The molecule has 0 unspecified atom stereocenters. The van der Waals surface area contributed by atoms with E-state index >= 15 is 0 Å². The molecule has 0 aromatic carbocycles. The van der Waals surface area contributed by atoms with Gasteiger partial charge in [-0.1, -0.05) is 12.8 Å². The van der Waals surface area contributed by atoms with Crippen LogP contribution in [0.3, 0.4) is 0 Å². The van der Waals surface area contributed by atoms with E-state index in [1.165, 1.54) is 25.7 Å². The number of hydrogen-bond acceptors (Lipinski definition) is 2. The first-order valence-corrected chi connectivity index (χ1v) is 7.28. The van der Waals surface area contributed by atoms with Crippen LogP contribution in [0.2, 0.25) is 0 Å². The SMILES string of the molecule is CC(C)(C)N=CCCCCCCC=NC(C)(C)C. The van der Waals surface area contributed by atoms with Crippen LogP contribution in [0.4, 0.5) is 0 Å². The number of aliphatic imine (C=N–C) groups is 2. The van der Waals surface area contributed by atoms with Gasteiger partial charge in [0.05, 0.1) is 11.1 Å². The minimum Gasteiger partial charge on any atom is -0.292 e. The average molecular weight is 252 g/mol. The molecular weight excluding hydrogens is 220 g/mol. The second-order valence-corrected chi connectivity index (χ2v) is 6.96. The molecule has 2 heteroatoms. The molecule has 0 aliphatic heterocycles. The van der Waals surface area contributed by atoms with Crippen molar-refractivity contribution in [3.8, 4) is 0 Å². The molecule has 0 bridgehead atoms. The zero-order chi connectivity index (χ0) is 14.1. The van der Waals surface area contributed by atoms with Gasteiger partial charge in [0.25, 0.3) is 0 Å². The highest BCUT2D eigenvalue weighted by atomic mass is 14.8. The standard InChI is InChI=1S/C16H32N2/c1-15(2,3)17-13-11-9-7-8-10-12-14-18-16(4,5)6/h13-14H,7-12H2,1-6H3. The van der Waals surface area contributed by atoms with Gasteiger partial charge in [-0.25, -0.2) is 0 Å². The molecule has 106 valence electrons. The van der Waals surface area contributed by atoms with Crippen LogP contribution in [0.1, 0.15) is 80.1 Å². The minimum atomic E-state index is 0.0867. The Balaban J connectivity index is 3.37. The van der Waals surface area contributed by atoms with Crippen molar-refractivity contribution in [2.24, 2.45) is 9.98 Å². The summed E-state index contributed by atoms with van der Waals surface area (Å²) < 4.78 is 0. The van der Waals surface area contributed by atoms with Gasteiger partial charge in [0, 0.05) is 0 Å². The molecule has 0 aliphatic rings. The van der Waals surface area contributed by atoms with Crippen molar-refractivity contribution in [3.63, 3.8) is 0 Å². The number of unbranched alkanes of at least 4 members (excludes halogenated alkanes) is 5. The van der Waals surface area contributed by atoms with Crippen LogP contribution in [0, 0.1) is 0 Å². The maximum absolute atomic E-state index is 4.48. The third-order valence-electron chi connectivity index (χ3n) is 2.37. The topological polar surface area (TPSA) is 24.7 Å². The number of rotatable bonds is 7. The first kappa shape index (κ1) is 17.3. The van der Waals surface area contributed by atoms with Crippen LogP contribution < -0.4 is 0 Å². The molecule has 0 rings (SSSR count). The van der Waals surface area contributed by atoms with Crippen LogP contribution >= 0.6 is 0 Å². The van der Waals surface area contributed by atoms with Gasteiger partial charge in [-0.2, -0.15) is 0 Å². The van der Waals surface area contributed by atoms with E-state index in [1.807, 2.05) is 0 Å². The monoisotopic (exact) mass is 252 g/mol. The molecular formula is C16H32N2. The quantitative estimate of drug-likeness (QED) is 0.446. The minimum absolute atomic E-state index is 0.0867. The molecule has 0 N–H and O–H groups in total. The number of hydrogen-bond donors (Lipinski definition) is 0. The molecule has 0 atom stereocenters. The van der Waals surface area contributed by atoms with E-state index in [2.05, 4.69) is 64.0 Å². The Morgan fingerprint density at radius 1 is 0.611 bits per heavy atom. The zero-order valence-electron chi connectivity index (χ0n) is 13.3. The van der Waals surface area contributed by atoms with Gasteiger partial charge < -0.3 is 0 Å². The molecule has 0 saturated carbocycles. The first-order valence-electron chi connectivity index (χ1n) is 7.28. The lowest BCUT2D eigenvalue weighted by Gasteiger charge is -2.10. The summed E-state index contributed by atoms with van der Waals surface area (Å²) in [6, 6.07) is 0. The fourth-order valence-electron chi connectivity index (χ4n) is 1.50. The van der Waals surface area contributed by atoms with Gasteiger partial charge in [-0.05, 0) is 79.7 Å². The molecule has 0 aliphatic carbocycles. The second kappa shape index (κ2) is 8.44. The highest BCUT2D eigenvalue weighted by molar-refractivity contribution is 5.58. The second-order valence-electron chi connectivity index (χ2n) is 6.96. The molecule has 2 nitrogen and oxygen atoms in total. The smallest absolute Gasteiger partial charge is 0.0520 e. The van der Waals surface area contributed by atoms with Crippen LogP contribution in [0.5, 0.6) is 0 Å². The fraction of sp³-hybridized carbons (Fsp3) is 0.875. The van der Waals surface area contributed by atoms with Gasteiger partial charge in [0.15, 0.2) is 0 Å². The largest absolute Gasteiger partial charge is 0.292 e. The van der Waals surface area contributed by atoms with Crippen LogP contribution in [0.25, 0.3) is 0 Å². The normalized spacial score (nSPS) is 13.9. The van der Waals surface area contributed by atoms with Crippen molar-refractivity contribution in [2.45, 2.75) is 91.1 Å². The lowest BCUT2D eigenvalue weighted by atomic mass is 10.1. The van der Waals surface area contributed by atoms with Crippen molar-refractivity contribution >= 4 is 12.4 Å². The lowest BCUT2D eigenvalue weighted by molar-refractivity contribution is 0.580. The summed E-state index contributed by atoms with van der Waals surface area (Å²) in [7, 11) is 0. The summed E-state index contributed by atoms with van der Waals surface area (Å²) in [6.07, 6.45) is 11.5. The average Bonchev–Trinajstić information content (AvgIpc) is 2.17. The molecule has 0 saturated heterocycles. The predicted octanol–water partition coefficient (Wildman–Crippen LogP) is 5.07. The summed E-state index contributed by atoms with van der Waals surface area (Å²) in [5.74, 6) is 0. The Bertz CT molecular complexity index is 223. The Morgan fingerprint density at radius 3 is 1.22 bits per heavy atom. The van der Waals surface area contributed by atoms with Gasteiger partial charge >= 0.3 is 0 Å². The molecule has 0 radical (unpaired) electrons. The molecule has 0 aromatic rings. The van der Waals surface area contributed by atoms with Crippen molar-refractivity contribution in [1.82, 2.24) is 0 Å². The van der Waals surface area contributed by atoms with Crippen molar-refractivity contribution in [3.05, 3.63) is 0 Å². The molecule has 0 amide bonds. The molecule has 0 fully saturated rings. The third-order valence-corrected chi connectivity index (χ3v) is 2.37. The van der Waals surface area contributed by atoms with Crippen molar-refractivity contribution in [2.75, 3.05) is 0 Å². The van der Waals surface area contributed by atoms with E-state index < -0.39 is 0 Å². The van der Waals surface area contributed by atoms with Gasteiger partial charge in [-0.15, -0.1) is 0 Å². The summed E-state index contributed by atoms with van der Waals surface area (Å²) in [6.45, 7) is 12.8. The Morgan fingerprint density at radius 2 is 0.944 bits per heavy atom. The van der Waals surface area contributed by atoms with Crippen LogP contribution in [-0.4, -0.2) is 23.5 Å². The maximum Gasteiger partial charge on any atom is 0.0520 e. The van der Waals surface area contributed by atoms with Crippen molar-refractivity contribution < 1.29 is 0 Å². The van der Waals surface area contributed by atoms with E-state index in [-0.39, 0.29) is 11.1 Å². The summed E-state index contributed by atoms with van der Waals surface area (Å²) >= 11 is 0. The van der Waals surface area contributed by atoms with E-state index in [1.54, 1.807) is 0 Å². The lowest BCUT2D eigenvalue weighted by Crippen LogP contribution is -2.09.